The lowest BCUT2D eigenvalue weighted by Gasteiger charge is -2.12. The molecule has 150 valence electrons. The molecular formula is C19H15Cl2N3O4S. The Morgan fingerprint density at radius 2 is 1.76 bits per heavy atom. The summed E-state index contributed by atoms with van der Waals surface area (Å²) in [5.41, 5.74) is 0.0555. The molecule has 0 unspecified atom stereocenters. The molecule has 0 aliphatic rings. The Kier molecular flexibility index (Phi) is 6.26. The molecule has 0 fully saturated rings. The minimum Gasteiger partial charge on any atom is -0.456 e. The zero-order valence-corrected chi connectivity index (χ0v) is 17.3. The monoisotopic (exact) mass is 451 g/mol. The molecule has 1 aromatic heterocycles. The summed E-state index contributed by atoms with van der Waals surface area (Å²) < 4.78 is 33.4. The fourth-order valence-corrected chi connectivity index (χ4v) is 3.78. The number of carbonyl (C=O) groups is 1. The summed E-state index contributed by atoms with van der Waals surface area (Å²) in [6, 6.07) is 13.9. The maximum atomic E-state index is 12.7. The Morgan fingerprint density at radius 1 is 1.07 bits per heavy atom. The first-order valence-electron chi connectivity index (χ1n) is 8.23. The second-order valence-electron chi connectivity index (χ2n) is 5.74. The second-order valence-corrected chi connectivity index (χ2v) is 8.22. The maximum absolute atomic E-state index is 12.7. The van der Waals surface area contributed by atoms with Crippen LogP contribution in [0.25, 0.3) is 0 Å². The number of carbonyl (C=O) groups excluding carboxylic acids is 1. The summed E-state index contributed by atoms with van der Waals surface area (Å²) in [7, 11) is -2.56. The molecule has 0 aliphatic carbocycles. The maximum Gasteiger partial charge on any atom is 0.261 e. The molecule has 0 aliphatic heterocycles. The Hall–Kier alpha value is -2.81. The largest absolute Gasteiger partial charge is 0.456 e. The molecule has 0 saturated carbocycles. The molecule has 1 heterocycles. The molecule has 3 rings (SSSR count). The van der Waals surface area contributed by atoms with Gasteiger partial charge in [-0.25, -0.2) is 13.4 Å². The van der Waals surface area contributed by atoms with Crippen LogP contribution >= 0.6 is 23.2 Å². The SMILES string of the molecule is CNC(=O)c1cc(Cl)ncc1NS(=O)(=O)c1ccc(Oc2ccccc2Cl)cc1. The third-order valence-corrected chi connectivity index (χ3v) is 5.69. The number of hydrogen-bond donors (Lipinski definition) is 2. The number of ether oxygens (including phenoxy) is 1. The molecule has 10 heteroatoms. The molecule has 3 aromatic rings. The number of pyridine rings is 1. The molecule has 1 amide bonds. The molecule has 0 spiro atoms. The quantitative estimate of drug-likeness (QED) is 0.543. The van der Waals surface area contributed by atoms with E-state index in [2.05, 4.69) is 15.0 Å². The summed E-state index contributed by atoms with van der Waals surface area (Å²) >= 11 is 11.9. The topological polar surface area (TPSA) is 97.4 Å². The van der Waals surface area contributed by atoms with Crippen LogP contribution in [0.4, 0.5) is 5.69 Å². The number of sulfonamides is 1. The van der Waals surface area contributed by atoms with Gasteiger partial charge in [0.2, 0.25) is 0 Å². The van der Waals surface area contributed by atoms with E-state index in [9.17, 15) is 13.2 Å². The smallest absolute Gasteiger partial charge is 0.261 e. The lowest BCUT2D eigenvalue weighted by molar-refractivity contribution is 0.0964. The van der Waals surface area contributed by atoms with Crippen molar-refractivity contribution in [3.05, 3.63) is 76.5 Å². The number of amides is 1. The number of halogens is 2. The molecule has 29 heavy (non-hydrogen) atoms. The van der Waals surface area contributed by atoms with Gasteiger partial charge in [-0.2, -0.15) is 0 Å². The van der Waals surface area contributed by atoms with Gasteiger partial charge in [-0.05, 0) is 42.5 Å². The van der Waals surface area contributed by atoms with Gasteiger partial charge in [-0.3, -0.25) is 9.52 Å². The predicted octanol–water partition coefficient (Wildman–Crippen LogP) is 4.34. The van der Waals surface area contributed by atoms with E-state index in [0.29, 0.717) is 16.5 Å². The number of nitrogens with one attached hydrogen (secondary N) is 2. The van der Waals surface area contributed by atoms with Crippen LogP contribution in [-0.2, 0) is 10.0 Å². The van der Waals surface area contributed by atoms with Gasteiger partial charge >= 0.3 is 0 Å². The summed E-state index contributed by atoms with van der Waals surface area (Å²) in [6.07, 6.45) is 1.18. The van der Waals surface area contributed by atoms with Gasteiger partial charge in [0.15, 0.2) is 0 Å². The fourth-order valence-electron chi connectivity index (χ4n) is 2.38. The van der Waals surface area contributed by atoms with Crippen LogP contribution in [0.2, 0.25) is 10.2 Å². The number of rotatable bonds is 6. The van der Waals surface area contributed by atoms with Crippen molar-refractivity contribution in [2.45, 2.75) is 4.90 Å². The molecule has 0 radical (unpaired) electrons. The average Bonchev–Trinajstić information content (AvgIpc) is 2.71. The fraction of sp³-hybridized carbons (Fsp3) is 0.0526. The van der Waals surface area contributed by atoms with E-state index < -0.39 is 15.9 Å². The van der Waals surface area contributed by atoms with E-state index in [0.717, 1.165) is 0 Å². The lowest BCUT2D eigenvalue weighted by atomic mass is 10.2. The summed E-state index contributed by atoms with van der Waals surface area (Å²) in [4.78, 5) is 15.8. The zero-order chi connectivity index (χ0) is 21.0. The summed E-state index contributed by atoms with van der Waals surface area (Å²) in [5, 5.41) is 2.92. The number of anilines is 1. The first kappa shape index (κ1) is 20.9. The average molecular weight is 452 g/mol. The number of benzene rings is 2. The Balaban J connectivity index is 1.84. The third kappa shape index (κ3) is 4.97. The summed E-state index contributed by atoms with van der Waals surface area (Å²) in [5.74, 6) is 0.358. The van der Waals surface area contributed by atoms with Crippen molar-refractivity contribution in [2.75, 3.05) is 11.8 Å². The van der Waals surface area contributed by atoms with Crippen molar-refractivity contribution >= 4 is 44.8 Å². The number of aromatic nitrogens is 1. The van der Waals surface area contributed by atoms with E-state index in [1.54, 1.807) is 24.3 Å². The van der Waals surface area contributed by atoms with Crippen molar-refractivity contribution in [3.8, 4) is 11.5 Å². The van der Waals surface area contributed by atoms with Crippen LogP contribution in [0, 0.1) is 0 Å². The van der Waals surface area contributed by atoms with E-state index in [4.69, 9.17) is 27.9 Å². The molecular weight excluding hydrogens is 437 g/mol. The Bertz CT molecular complexity index is 1150. The van der Waals surface area contributed by atoms with Crippen molar-refractivity contribution < 1.29 is 17.9 Å². The Morgan fingerprint density at radius 3 is 2.41 bits per heavy atom. The van der Waals surface area contributed by atoms with Gasteiger partial charge in [-0.1, -0.05) is 35.3 Å². The van der Waals surface area contributed by atoms with Gasteiger partial charge in [0, 0.05) is 7.05 Å². The lowest BCUT2D eigenvalue weighted by Crippen LogP contribution is -2.22. The molecule has 0 bridgehead atoms. The first-order valence-corrected chi connectivity index (χ1v) is 10.5. The van der Waals surface area contributed by atoms with Crippen molar-refractivity contribution in [2.24, 2.45) is 0 Å². The highest BCUT2D eigenvalue weighted by Crippen LogP contribution is 2.30. The van der Waals surface area contributed by atoms with Crippen LogP contribution < -0.4 is 14.8 Å². The highest BCUT2D eigenvalue weighted by molar-refractivity contribution is 7.92. The van der Waals surface area contributed by atoms with Crippen molar-refractivity contribution in [3.63, 3.8) is 0 Å². The minimum atomic E-state index is -3.98. The van der Waals surface area contributed by atoms with Gasteiger partial charge in [-0.15, -0.1) is 0 Å². The van der Waals surface area contributed by atoms with E-state index >= 15 is 0 Å². The van der Waals surface area contributed by atoms with Crippen molar-refractivity contribution in [1.29, 1.82) is 0 Å². The molecule has 2 N–H and O–H groups in total. The molecule has 7 nitrogen and oxygen atoms in total. The summed E-state index contributed by atoms with van der Waals surface area (Å²) in [6.45, 7) is 0. The van der Waals surface area contributed by atoms with E-state index in [1.165, 1.54) is 43.6 Å². The molecule has 2 aromatic carbocycles. The van der Waals surface area contributed by atoms with Gasteiger partial charge in [0.1, 0.15) is 16.7 Å². The third-order valence-electron chi connectivity index (χ3n) is 3.79. The number of hydrogen-bond acceptors (Lipinski definition) is 5. The predicted molar refractivity (Wildman–Crippen MR) is 111 cm³/mol. The minimum absolute atomic E-state index is 0.00476. The van der Waals surface area contributed by atoms with E-state index in [1.807, 2.05) is 0 Å². The van der Waals surface area contributed by atoms with E-state index in [-0.39, 0.29) is 21.3 Å². The van der Waals surface area contributed by atoms with Crippen LogP contribution in [0.5, 0.6) is 11.5 Å². The van der Waals surface area contributed by atoms with Crippen LogP contribution in [0.3, 0.4) is 0 Å². The number of nitrogens with zero attached hydrogens (tertiary/aromatic N) is 1. The van der Waals surface area contributed by atoms with Gasteiger partial charge in [0.05, 0.1) is 27.4 Å². The second kappa shape index (κ2) is 8.69. The van der Waals surface area contributed by atoms with Gasteiger partial charge in [0.25, 0.3) is 15.9 Å². The highest BCUT2D eigenvalue weighted by atomic mass is 35.5. The normalized spacial score (nSPS) is 11.0. The molecule has 0 saturated heterocycles. The van der Waals surface area contributed by atoms with Crippen LogP contribution in [-0.4, -0.2) is 26.4 Å². The van der Waals surface area contributed by atoms with Gasteiger partial charge < -0.3 is 10.1 Å². The Labute approximate surface area is 177 Å². The number of para-hydroxylation sites is 1. The highest BCUT2D eigenvalue weighted by Gasteiger charge is 2.19. The first-order chi connectivity index (χ1) is 13.8. The van der Waals surface area contributed by atoms with Crippen molar-refractivity contribution in [1.82, 2.24) is 10.3 Å². The van der Waals surface area contributed by atoms with Crippen LogP contribution in [0.1, 0.15) is 10.4 Å². The standard InChI is InChI=1S/C19H15Cl2N3O4S/c1-22-19(25)14-10-18(21)23-11-16(14)24-29(26,27)13-8-6-12(7-9-13)28-17-5-3-2-4-15(17)20/h2-11,24H,1H3,(H,22,25). The zero-order valence-electron chi connectivity index (χ0n) is 15.0. The van der Waals surface area contributed by atoms with Crippen LogP contribution in [0.15, 0.2) is 65.7 Å². The molecule has 0 atom stereocenters.